The van der Waals surface area contributed by atoms with Crippen molar-refractivity contribution in [2.24, 2.45) is 0 Å². The molecule has 1 saturated heterocycles. The Kier molecular flexibility index (Phi) is 8.72. The molecule has 4 aromatic rings. The second kappa shape index (κ2) is 12.4. The molecule has 0 spiro atoms. The molecule has 0 unspecified atom stereocenters. The molecule has 2 heterocycles. The van der Waals surface area contributed by atoms with Gasteiger partial charge in [0.2, 0.25) is 5.91 Å². The number of carbonyl (C=O) groups is 2. The Hall–Kier alpha value is -4.05. The zero-order valence-electron chi connectivity index (χ0n) is 22.9. The van der Waals surface area contributed by atoms with Crippen LogP contribution in [-0.4, -0.2) is 34.8 Å². The van der Waals surface area contributed by atoms with Crippen LogP contribution in [0.1, 0.15) is 58.7 Å². The fraction of sp³-hybridized carbons (Fsp3) is 0.281. The van der Waals surface area contributed by atoms with Gasteiger partial charge in [-0.1, -0.05) is 42.5 Å². The third-order valence-electron chi connectivity index (χ3n) is 7.42. The van der Waals surface area contributed by atoms with Gasteiger partial charge in [0.25, 0.3) is 11.8 Å². The average Bonchev–Trinajstić information content (AvgIpc) is 3.48. The number of hydrogen-bond donors (Lipinski definition) is 1. The number of hydrogen-bond acceptors (Lipinski definition) is 4. The molecule has 0 saturated carbocycles. The van der Waals surface area contributed by atoms with E-state index in [1.807, 2.05) is 0 Å². The molecule has 1 aromatic heterocycles. The molecule has 1 aliphatic rings. The van der Waals surface area contributed by atoms with Crippen molar-refractivity contribution in [1.29, 1.82) is 0 Å². The Labute approximate surface area is 245 Å². The first-order valence-electron chi connectivity index (χ1n) is 13.6. The van der Waals surface area contributed by atoms with Gasteiger partial charge in [0.1, 0.15) is 5.69 Å². The maximum absolute atomic E-state index is 13.9. The van der Waals surface area contributed by atoms with E-state index in [0.29, 0.717) is 54.7 Å². The molecular weight excluding hydrogens is 566 g/mol. The molecule has 1 fully saturated rings. The lowest BCUT2D eigenvalue weighted by atomic mass is 9.97. The van der Waals surface area contributed by atoms with E-state index >= 15 is 0 Å². The molecule has 1 aliphatic heterocycles. The number of nitrogens with one attached hydrogen (secondary N) is 1. The number of aryl methyl sites for hydroxylation is 1. The molecule has 42 heavy (non-hydrogen) atoms. The van der Waals surface area contributed by atoms with Crippen LogP contribution in [0, 0.1) is 11.6 Å². The van der Waals surface area contributed by atoms with Gasteiger partial charge in [-0.05, 0) is 54.7 Å². The van der Waals surface area contributed by atoms with E-state index in [1.165, 1.54) is 29.5 Å². The largest absolute Gasteiger partial charge is 0.343 e. The van der Waals surface area contributed by atoms with E-state index in [9.17, 15) is 27.2 Å². The average molecular weight is 596 g/mol. The Morgan fingerprint density at radius 2 is 1.76 bits per heavy atom. The summed E-state index contributed by atoms with van der Waals surface area (Å²) in [5.41, 5.74) is 2.40. The van der Waals surface area contributed by atoms with Crippen molar-refractivity contribution < 1.29 is 27.2 Å². The van der Waals surface area contributed by atoms with E-state index < -0.39 is 23.5 Å². The molecule has 0 aliphatic carbocycles. The summed E-state index contributed by atoms with van der Waals surface area (Å²) in [4.78, 5) is 32.1. The van der Waals surface area contributed by atoms with E-state index in [4.69, 9.17) is 0 Å². The molecule has 5 nitrogen and oxygen atoms in total. The third-order valence-corrected chi connectivity index (χ3v) is 8.43. The number of halogens is 4. The number of benzene rings is 3. The highest BCUT2D eigenvalue weighted by molar-refractivity contribution is 7.10. The van der Waals surface area contributed by atoms with Gasteiger partial charge >= 0.3 is 0 Å². The summed E-state index contributed by atoms with van der Waals surface area (Å²) in [5, 5.41) is 5.40. The van der Waals surface area contributed by atoms with Crippen LogP contribution < -0.4 is 5.32 Å². The van der Waals surface area contributed by atoms with Crippen molar-refractivity contribution in [2.75, 3.05) is 18.4 Å². The van der Waals surface area contributed by atoms with Gasteiger partial charge in [0, 0.05) is 54.5 Å². The van der Waals surface area contributed by atoms with Crippen LogP contribution in [0.2, 0.25) is 0 Å². The van der Waals surface area contributed by atoms with E-state index in [2.05, 4.69) is 10.3 Å². The first-order chi connectivity index (χ1) is 20.1. The van der Waals surface area contributed by atoms with Crippen LogP contribution >= 0.6 is 11.3 Å². The fourth-order valence-electron chi connectivity index (χ4n) is 5.05. The second-order valence-electron chi connectivity index (χ2n) is 10.4. The van der Waals surface area contributed by atoms with Crippen LogP contribution in [-0.2, 0) is 17.1 Å². The number of amides is 2. The van der Waals surface area contributed by atoms with Gasteiger partial charge < -0.3 is 10.2 Å². The summed E-state index contributed by atoms with van der Waals surface area (Å²) in [7, 11) is 0. The Morgan fingerprint density at radius 3 is 2.50 bits per heavy atom. The number of para-hydroxylation sites is 1. The number of nitrogens with zero attached hydrogens (tertiary/aromatic N) is 2. The number of alkyl halides is 2. The Morgan fingerprint density at radius 1 is 1.00 bits per heavy atom. The van der Waals surface area contributed by atoms with Crippen LogP contribution in [0.4, 0.5) is 23.2 Å². The molecule has 3 aromatic carbocycles. The lowest BCUT2D eigenvalue weighted by Gasteiger charge is -2.31. The lowest BCUT2D eigenvalue weighted by molar-refractivity contribution is -0.132. The number of likely N-dealkylation sites (tertiary alicyclic amines) is 1. The molecular formula is C32H29F4N3O2S. The number of carbonyl (C=O) groups excluding carboxylic acids is 2. The smallest absolute Gasteiger partial charge is 0.275 e. The minimum Gasteiger partial charge on any atom is -0.343 e. The summed E-state index contributed by atoms with van der Waals surface area (Å²) in [6.45, 7) is 1.94. The van der Waals surface area contributed by atoms with Crippen LogP contribution in [0.3, 0.4) is 0 Å². The van der Waals surface area contributed by atoms with E-state index in [1.54, 1.807) is 46.7 Å². The number of piperidine rings is 1. The molecule has 0 radical (unpaired) electrons. The number of aromatic nitrogens is 1. The first-order valence-corrected chi connectivity index (χ1v) is 14.5. The monoisotopic (exact) mass is 595 g/mol. The van der Waals surface area contributed by atoms with Gasteiger partial charge in [0.15, 0.2) is 11.6 Å². The highest BCUT2D eigenvalue weighted by Crippen LogP contribution is 2.34. The van der Waals surface area contributed by atoms with Crippen molar-refractivity contribution in [2.45, 2.75) is 44.4 Å². The van der Waals surface area contributed by atoms with Crippen molar-refractivity contribution >= 4 is 28.8 Å². The van der Waals surface area contributed by atoms with Crippen LogP contribution in [0.15, 0.2) is 72.1 Å². The standard InChI is InChI=1S/C32H29F4N3O2S/c1-32(35,36)23-6-4-5-22(18-23)24-7-2-3-8-27(24)37-30(41)28-19-42-31(38-28)21-13-15-39(16-14-21)29(40)12-10-20-9-11-25(33)26(34)17-20/h2-9,11,17-19,21H,10,12-16H2,1H3,(H,37,41). The van der Waals surface area contributed by atoms with E-state index in [-0.39, 0.29) is 29.5 Å². The lowest BCUT2D eigenvalue weighted by Crippen LogP contribution is -2.38. The maximum atomic E-state index is 13.9. The zero-order valence-corrected chi connectivity index (χ0v) is 23.7. The van der Waals surface area contributed by atoms with Gasteiger partial charge in [-0.3, -0.25) is 9.59 Å². The van der Waals surface area contributed by atoms with Crippen molar-refractivity contribution in [3.63, 3.8) is 0 Å². The SMILES string of the molecule is CC(F)(F)c1cccc(-c2ccccc2NC(=O)c2csc(C3CCN(C(=O)CCc4ccc(F)c(F)c4)CC3)n2)c1. The van der Waals surface area contributed by atoms with Gasteiger partial charge in [-0.2, -0.15) is 0 Å². The quantitative estimate of drug-likeness (QED) is 0.212. The molecule has 218 valence electrons. The number of rotatable bonds is 8. The predicted octanol–water partition coefficient (Wildman–Crippen LogP) is 7.79. The summed E-state index contributed by atoms with van der Waals surface area (Å²) < 4.78 is 54.4. The molecule has 10 heteroatoms. The number of thiazole rings is 1. The van der Waals surface area contributed by atoms with Crippen LogP contribution in [0.25, 0.3) is 11.1 Å². The second-order valence-corrected chi connectivity index (χ2v) is 11.3. The summed E-state index contributed by atoms with van der Waals surface area (Å²) in [5.74, 6) is -5.14. The highest BCUT2D eigenvalue weighted by atomic mass is 32.1. The molecule has 1 N–H and O–H groups in total. The summed E-state index contributed by atoms with van der Waals surface area (Å²) in [6.07, 6.45) is 1.95. The minimum absolute atomic E-state index is 0.0377. The molecule has 2 amide bonds. The van der Waals surface area contributed by atoms with Crippen LogP contribution in [0.5, 0.6) is 0 Å². The molecule has 0 bridgehead atoms. The fourth-order valence-corrected chi connectivity index (χ4v) is 6.02. The van der Waals surface area contributed by atoms with Gasteiger partial charge in [-0.15, -0.1) is 11.3 Å². The Balaban J connectivity index is 1.18. The zero-order chi connectivity index (χ0) is 29.9. The summed E-state index contributed by atoms with van der Waals surface area (Å²) >= 11 is 1.39. The minimum atomic E-state index is -2.99. The summed E-state index contributed by atoms with van der Waals surface area (Å²) in [6, 6.07) is 16.8. The van der Waals surface area contributed by atoms with Crippen molar-refractivity contribution in [1.82, 2.24) is 9.88 Å². The normalized spacial score (nSPS) is 14.2. The highest BCUT2D eigenvalue weighted by Gasteiger charge is 2.27. The third kappa shape index (κ3) is 6.87. The van der Waals surface area contributed by atoms with Crippen molar-refractivity contribution in [3.8, 4) is 11.1 Å². The number of anilines is 1. The predicted molar refractivity (Wildman–Crippen MR) is 155 cm³/mol. The van der Waals surface area contributed by atoms with Gasteiger partial charge in [0.05, 0.1) is 5.01 Å². The van der Waals surface area contributed by atoms with E-state index in [0.717, 1.165) is 24.1 Å². The maximum Gasteiger partial charge on any atom is 0.275 e. The molecule has 0 atom stereocenters. The topological polar surface area (TPSA) is 62.3 Å². The first kappa shape index (κ1) is 29.4. The van der Waals surface area contributed by atoms with Gasteiger partial charge in [-0.25, -0.2) is 22.5 Å². The molecule has 5 rings (SSSR count). The van der Waals surface area contributed by atoms with Crippen molar-refractivity contribution in [3.05, 3.63) is 106 Å². The Bertz CT molecular complexity index is 1590.